The van der Waals surface area contributed by atoms with Crippen LogP contribution in [0.1, 0.15) is 0 Å². The van der Waals surface area contributed by atoms with E-state index >= 15 is 0 Å². The van der Waals surface area contributed by atoms with Gasteiger partial charge in [0.25, 0.3) is 0 Å². The summed E-state index contributed by atoms with van der Waals surface area (Å²) in [6, 6.07) is 1.23. The number of halogens is 1. The van der Waals surface area contributed by atoms with Gasteiger partial charge in [-0.25, -0.2) is 8.91 Å². The van der Waals surface area contributed by atoms with Crippen molar-refractivity contribution in [1.82, 2.24) is 14.6 Å². The van der Waals surface area contributed by atoms with Gasteiger partial charge < -0.3 is 10.5 Å². The Labute approximate surface area is 72.9 Å². The van der Waals surface area contributed by atoms with Gasteiger partial charge in [-0.05, 0) is 0 Å². The molecule has 0 saturated heterocycles. The molecule has 68 valence electrons. The Morgan fingerprint density at radius 3 is 3.08 bits per heavy atom. The van der Waals surface area contributed by atoms with Crippen LogP contribution < -0.4 is 10.5 Å². The van der Waals surface area contributed by atoms with Gasteiger partial charge in [-0.1, -0.05) is 0 Å². The summed E-state index contributed by atoms with van der Waals surface area (Å²) in [6.45, 7) is 0. The molecule has 2 heterocycles. The van der Waals surface area contributed by atoms with Gasteiger partial charge in [0.05, 0.1) is 13.3 Å². The van der Waals surface area contributed by atoms with E-state index in [4.69, 9.17) is 10.5 Å². The number of fused-ring (bicyclic) bond motifs is 1. The van der Waals surface area contributed by atoms with Gasteiger partial charge in [-0.15, -0.1) is 5.10 Å². The fourth-order valence-corrected chi connectivity index (χ4v) is 1.09. The normalized spacial score (nSPS) is 10.6. The van der Waals surface area contributed by atoms with Gasteiger partial charge in [-0.2, -0.15) is 4.98 Å². The number of rotatable bonds is 1. The number of nitrogens with two attached hydrogens (primary N) is 1. The highest BCUT2D eigenvalue weighted by Crippen LogP contribution is 2.19. The minimum atomic E-state index is -0.450. The molecule has 2 N–H and O–H groups in total. The molecule has 0 atom stereocenters. The molecular weight excluding hydrogens is 175 g/mol. The number of ether oxygens (including phenoxy) is 1. The zero-order valence-corrected chi connectivity index (χ0v) is 6.86. The molecule has 13 heavy (non-hydrogen) atoms. The summed E-state index contributed by atoms with van der Waals surface area (Å²) in [5.41, 5.74) is 5.75. The van der Waals surface area contributed by atoms with Crippen molar-refractivity contribution in [1.29, 1.82) is 0 Å². The molecule has 0 unspecified atom stereocenters. The topological polar surface area (TPSA) is 65.4 Å². The summed E-state index contributed by atoms with van der Waals surface area (Å²) in [4.78, 5) is 3.86. The van der Waals surface area contributed by atoms with Crippen molar-refractivity contribution >= 4 is 11.6 Å². The minimum absolute atomic E-state index is 0.0869. The van der Waals surface area contributed by atoms with Gasteiger partial charge in [-0.3, -0.25) is 0 Å². The fourth-order valence-electron chi connectivity index (χ4n) is 1.09. The average Bonchev–Trinajstić information content (AvgIpc) is 2.43. The zero-order valence-electron chi connectivity index (χ0n) is 6.86. The number of anilines is 1. The first-order valence-corrected chi connectivity index (χ1v) is 3.56. The molecule has 0 aliphatic heterocycles. The van der Waals surface area contributed by atoms with Crippen LogP contribution in [0.15, 0.2) is 12.3 Å². The largest absolute Gasteiger partial charge is 0.493 e. The molecule has 2 aromatic heterocycles. The lowest BCUT2D eigenvalue weighted by atomic mass is 10.4. The third-order valence-electron chi connectivity index (χ3n) is 1.60. The molecule has 0 aromatic carbocycles. The first kappa shape index (κ1) is 7.78. The van der Waals surface area contributed by atoms with E-state index in [0.29, 0.717) is 11.4 Å². The number of hydrogen-bond acceptors (Lipinski definition) is 4. The molecule has 6 heteroatoms. The van der Waals surface area contributed by atoms with E-state index in [2.05, 4.69) is 10.1 Å². The maximum Gasteiger partial charge on any atom is 0.240 e. The van der Waals surface area contributed by atoms with Crippen LogP contribution in [-0.4, -0.2) is 21.7 Å². The standard InChI is InChI=1S/C7H7FN4O/c1-13-5-2-4(8)3-12-6(5)10-7(9)11-12/h2-3H,1H3,(H2,9,11). The third kappa shape index (κ3) is 1.16. The first-order chi connectivity index (χ1) is 6.20. The van der Waals surface area contributed by atoms with Crippen LogP contribution in [0.25, 0.3) is 5.65 Å². The summed E-state index contributed by atoms with van der Waals surface area (Å²) in [5.74, 6) is -0.0534. The summed E-state index contributed by atoms with van der Waals surface area (Å²) >= 11 is 0. The van der Waals surface area contributed by atoms with Gasteiger partial charge in [0.15, 0.2) is 11.4 Å². The number of methoxy groups -OCH3 is 1. The fraction of sp³-hybridized carbons (Fsp3) is 0.143. The van der Waals surface area contributed by atoms with Crippen molar-refractivity contribution in [2.24, 2.45) is 0 Å². The first-order valence-electron chi connectivity index (χ1n) is 3.56. The molecule has 0 aliphatic rings. The molecule has 0 amide bonds. The predicted octanol–water partition coefficient (Wildman–Crippen LogP) is 0.459. The molecule has 0 aliphatic carbocycles. The van der Waals surface area contributed by atoms with Crippen LogP contribution in [0.3, 0.4) is 0 Å². The van der Waals surface area contributed by atoms with E-state index in [1.54, 1.807) is 0 Å². The van der Waals surface area contributed by atoms with Gasteiger partial charge in [0.1, 0.15) is 5.82 Å². The van der Waals surface area contributed by atoms with Crippen LogP contribution in [0.2, 0.25) is 0 Å². The predicted molar refractivity (Wildman–Crippen MR) is 43.9 cm³/mol. The van der Waals surface area contributed by atoms with E-state index in [1.165, 1.54) is 23.9 Å². The lowest BCUT2D eigenvalue weighted by Gasteiger charge is -1.99. The Morgan fingerprint density at radius 1 is 1.62 bits per heavy atom. The van der Waals surface area contributed by atoms with E-state index < -0.39 is 5.82 Å². The summed E-state index contributed by atoms with van der Waals surface area (Å²) in [6.07, 6.45) is 1.18. The molecule has 0 fully saturated rings. The van der Waals surface area contributed by atoms with Crippen LogP contribution in [0.4, 0.5) is 10.3 Å². The lowest BCUT2D eigenvalue weighted by molar-refractivity contribution is 0.412. The van der Waals surface area contributed by atoms with Gasteiger partial charge >= 0.3 is 0 Å². The number of aromatic nitrogens is 3. The van der Waals surface area contributed by atoms with Crippen molar-refractivity contribution < 1.29 is 9.13 Å². The van der Waals surface area contributed by atoms with Crippen LogP contribution >= 0.6 is 0 Å². The van der Waals surface area contributed by atoms with Crippen molar-refractivity contribution in [3.63, 3.8) is 0 Å². The number of nitrogens with zero attached hydrogens (tertiary/aromatic N) is 3. The van der Waals surface area contributed by atoms with E-state index in [1.807, 2.05) is 0 Å². The Morgan fingerprint density at radius 2 is 2.38 bits per heavy atom. The molecule has 0 spiro atoms. The molecule has 5 nitrogen and oxygen atoms in total. The SMILES string of the molecule is COc1cc(F)cn2nc(N)nc12. The minimum Gasteiger partial charge on any atom is -0.493 e. The number of pyridine rings is 1. The highest BCUT2D eigenvalue weighted by Gasteiger charge is 2.08. The van der Waals surface area contributed by atoms with E-state index in [0.717, 1.165) is 0 Å². The molecule has 0 bridgehead atoms. The lowest BCUT2D eigenvalue weighted by Crippen LogP contribution is -1.94. The smallest absolute Gasteiger partial charge is 0.240 e. The van der Waals surface area contributed by atoms with Gasteiger partial charge in [0, 0.05) is 6.07 Å². The zero-order chi connectivity index (χ0) is 9.42. The second-order valence-corrected chi connectivity index (χ2v) is 2.46. The Kier molecular flexibility index (Phi) is 1.54. The molecular formula is C7H7FN4O. The van der Waals surface area contributed by atoms with Crippen molar-refractivity contribution in [3.8, 4) is 5.75 Å². The average molecular weight is 182 g/mol. The van der Waals surface area contributed by atoms with Crippen molar-refractivity contribution in [3.05, 3.63) is 18.1 Å². The Bertz CT molecular complexity index is 453. The van der Waals surface area contributed by atoms with Crippen LogP contribution in [-0.2, 0) is 0 Å². The third-order valence-corrected chi connectivity index (χ3v) is 1.60. The highest BCUT2D eigenvalue weighted by atomic mass is 19.1. The molecule has 2 rings (SSSR count). The second-order valence-electron chi connectivity index (χ2n) is 2.46. The van der Waals surface area contributed by atoms with Crippen molar-refractivity contribution in [2.75, 3.05) is 12.8 Å². The Balaban J connectivity index is 2.80. The summed E-state index contributed by atoms with van der Waals surface area (Å²) < 4.78 is 19.0. The maximum absolute atomic E-state index is 12.9. The summed E-state index contributed by atoms with van der Waals surface area (Å²) in [5, 5.41) is 3.75. The monoisotopic (exact) mass is 182 g/mol. The quantitative estimate of drug-likeness (QED) is 0.695. The highest BCUT2D eigenvalue weighted by molar-refractivity contribution is 5.54. The maximum atomic E-state index is 12.9. The number of nitrogen functional groups attached to an aromatic ring is 1. The van der Waals surface area contributed by atoms with E-state index in [-0.39, 0.29) is 5.95 Å². The molecule has 0 saturated carbocycles. The second kappa shape index (κ2) is 2.58. The summed E-state index contributed by atoms with van der Waals surface area (Å²) in [7, 11) is 1.43. The van der Waals surface area contributed by atoms with E-state index in [9.17, 15) is 4.39 Å². The van der Waals surface area contributed by atoms with Crippen LogP contribution in [0.5, 0.6) is 5.75 Å². The number of hydrogen-bond donors (Lipinski definition) is 1. The van der Waals surface area contributed by atoms with Crippen LogP contribution in [0, 0.1) is 5.82 Å². The molecule has 2 aromatic rings. The molecule has 0 radical (unpaired) electrons. The van der Waals surface area contributed by atoms with Gasteiger partial charge in [0.2, 0.25) is 5.95 Å². The Hall–Kier alpha value is -1.85. The van der Waals surface area contributed by atoms with Crippen molar-refractivity contribution in [2.45, 2.75) is 0 Å².